The molecule has 1 aromatic carbocycles. The molecule has 0 radical (unpaired) electrons. The second-order valence-corrected chi connectivity index (χ2v) is 10.7. The first-order chi connectivity index (χ1) is 10.7. The third kappa shape index (κ3) is 6.67. The molecular formula is C21H32Si. The maximum atomic E-state index is 3.81. The van der Waals surface area contributed by atoms with Crippen LogP contribution in [0.4, 0.5) is 0 Å². The molecule has 0 amide bonds. The standard InChI is InChI=1S/C21H32Si/c1-5-16-22(17-6-2,18-7-3)19-15-20(4)13-14-21-11-9-8-10-12-21/h8-14,20H,5-7,16-18H2,1-4H3/b14-13+. The van der Waals surface area contributed by atoms with Crippen molar-refractivity contribution in [1.82, 2.24) is 0 Å². The molecule has 0 saturated heterocycles. The van der Waals surface area contributed by atoms with Crippen LogP contribution in [0.5, 0.6) is 0 Å². The lowest BCUT2D eigenvalue weighted by Crippen LogP contribution is -2.32. The van der Waals surface area contributed by atoms with Crippen LogP contribution in [0, 0.1) is 17.4 Å². The van der Waals surface area contributed by atoms with E-state index in [-0.39, 0.29) is 0 Å². The summed E-state index contributed by atoms with van der Waals surface area (Å²) >= 11 is 0. The average Bonchev–Trinajstić information content (AvgIpc) is 2.53. The molecule has 1 atom stereocenters. The Morgan fingerprint density at radius 1 is 0.955 bits per heavy atom. The molecule has 1 unspecified atom stereocenters. The zero-order chi connectivity index (χ0) is 16.3. The summed E-state index contributed by atoms with van der Waals surface area (Å²) in [7, 11) is -1.36. The molecule has 0 saturated carbocycles. The van der Waals surface area contributed by atoms with E-state index in [0.717, 1.165) is 0 Å². The summed E-state index contributed by atoms with van der Waals surface area (Å²) in [4.78, 5) is 0. The van der Waals surface area contributed by atoms with Gasteiger partial charge in [-0.2, -0.15) is 0 Å². The summed E-state index contributed by atoms with van der Waals surface area (Å²) in [6.07, 6.45) is 8.30. The number of rotatable bonds is 8. The maximum absolute atomic E-state index is 3.81. The minimum absolute atomic E-state index is 0.345. The molecule has 22 heavy (non-hydrogen) atoms. The molecule has 1 aromatic rings. The Bertz CT molecular complexity index is 473. The van der Waals surface area contributed by atoms with E-state index in [1.165, 1.54) is 43.0 Å². The van der Waals surface area contributed by atoms with Crippen LogP contribution < -0.4 is 0 Å². The van der Waals surface area contributed by atoms with Gasteiger partial charge in [0.1, 0.15) is 8.07 Å². The van der Waals surface area contributed by atoms with E-state index in [0.29, 0.717) is 5.92 Å². The van der Waals surface area contributed by atoms with Gasteiger partial charge in [0.2, 0.25) is 0 Å². The second kappa shape index (κ2) is 10.5. The first kappa shape index (κ1) is 18.8. The van der Waals surface area contributed by atoms with Gasteiger partial charge < -0.3 is 0 Å². The molecule has 0 aliphatic carbocycles. The Balaban J connectivity index is 2.79. The SMILES string of the molecule is CCC[Si](C#CC(C)/C=C/c1ccccc1)(CCC)CCC. The fourth-order valence-electron chi connectivity index (χ4n) is 3.13. The van der Waals surface area contributed by atoms with Crippen molar-refractivity contribution in [3.63, 3.8) is 0 Å². The van der Waals surface area contributed by atoms with Gasteiger partial charge in [-0.15, -0.1) is 11.5 Å². The Hall–Kier alpha value is -1.26. The van der Waals surface area contributed by atoms with E-state index in [2.05, 4.69) is 81.6 Å². The van der Waals surface area contributed by atoms with E-state index in [1.807, 2.05) is 0 Å². The van der Waals surface area contributed by atoms with Crippen LogP contribution in [0.15, 0.2) is 36.4 Å². The van der Waals surface area contributed by atoms with Gasteiger partial charge in [0.15, 0.2) is 0 Å². The van der Waals surface area contributed by atoms with Crippen LogP contribution in [-0.2, 0) is 0 Å². The molecule has 0 fully saturated rings. The number of allylic oxidation sites excluding steroid dienone is 1. The van der Waals surface area contributed by atoms with Gasteiger partial charge in [-0.05, 0) is 30.6 Å². The van der Waals surface area contributed by atoms with E-state index in [4.69, 9.17) is 0 Å². The molecular weight excluding hydrogens is 280 g/mol. The van der Waals surface area contributed by atoms with Crippen molar-refractivity contribution in [2.75, 3.05) is 0 Å². The Labute approximate surface area is 139 Å². The second-order valence-electron chi connectivity index (χ2n) is 6.36. The van der Waals surface area contributed by atoms with Crippen LogP contribution in [0.25, 0.3) is 6.08 Å². The summed E-state index contributed by atoms with van der Waals surface area (Å²) in [5, 5.41) is 0. The van der Waals surface area contributed by atoms with Crippen molar-refractivity contribution < 1.29 is 0 Å². The van der Waals surface area contributed by atoms with Crippen LogP contribution in [0.2, 0.25) is 18.1 Å². The van der Waals surface area contributed by atoms with Crippen molar-refractivity contribution in [1.29, 1.82) is 0 Å². The Morgan fingerprint density at radius 2 is 1.50 bits per heavy atom. The van der Waals surface area contributed by atoms with Crippen molar-refractivity contribution in [2.24, 2.45) is 5.92 Å². The van der Waals surface area contributed by atoms with Crippen LogP contribution in [0.3, 0.4) is 0 Å². The molecule has 0 nitrogen and oxygen atoms in total. The highest BCUT2D eigenvalue weighted by molar-refractivity contribution is 6.87. The van der Waals surface area contributed by atoms with Gasteiger partial charge in [-0.3, -0.25) is 0 Å². The van der Waals surface area contributed by atoms with Gasteiger partial charge in [0.25, 0.3) is 0 Å². The quantitative estimate of drug-likeness (QED) is 0.377. The highest BCUT2D eigenvalue weighted by Gasteiger charge is 2.28. The Kier molecular flexibility index (Phi) is 8.93. The molecule has 1 rings (SSSR count). The minimum atomic E-state index is -1.36. The summed E-state index contributed by atoms with van der Waals surface area (Å²) in [6, 6.07) is 14.6. The monoisotopic (exact) mass is 312 g/mol. The van der Waals surface area contributed by atoms with Crippen LogP contribution in [0.1, 0.15) is 52.5 Å². The first-order valence-electron chi connectivity index (χ1n) is 8.91. The van der Waals surface area contributed by atoms with E-state index >= 15 is 0 Å². The van der Waals surface area contributed by atoms with Gasteiger partial charge >= 0.3 is 0 Å². The lowest BCUT2D eigenvalue weighted by molar-refractivity contribution is 0.937. The van der Waals surface area contributed by atoms with Gasteiger partial charge in [-0.1, -0.05) is 82.5 Å². The first-order valence-corrected chi connectivity index (χ1v) is 11.5. The summed E-state index contributed by atoms with van der Waals surface area (Å²) in [6.45, 7) is 9.16. The fraction of sp³-hybridized carbons (Fsp3) is 0.524. The molecule has 0 spiro atoms. The van der Waals surface area contributed by atoms with Crippen molar-refractivity contribution in [3.8, 4) is 11.5 Å². The lowest BCUT2D eigenvalue weighted by Gasteiger charge is -2.24. The van der Waals surface area contributed by atoms with E-state index in [1.54, 1.807) is 0 Å². The largest absolute Gasteiger partial charge is 0.138 e. The lowest BCUT2D eigenvalue weighted by atomic mass is 10.1. The van der Waals surface area contributed by atoms with E-state index in [9.17, 15) is 0 Å². The maximum Gasteiger partial charge on any atom is 0.138 e. The predicted octanol–water partition coefficient (Wildman–Crippen LogP) is 6.56. The Morgan fingerprint density at radius 3 is 2.00 bits per heavy atom. The van der Waals surface area contributed by atoms with Gasteiger partial charge in [0, 0.05) is 5.92 Å². The molecule has 0 heterocycles. The van der Waals surface area contributed by atoms with Crippen LogP contribution in [-0.4, -0.2) is 8.07 Å². The van der Waals surface area contributed by atoms with Crippen LogP contribution >= 0.6 is 0 Å². The molecule has 0 bridgehead atoms. The van der Waals surface area contributed by atoms with Crippen molar-refractivity contribution in [3.05, 3.63) is 42.0 Å². The number of hydrogen-bond donors (Lipinski definition) is 0. The zero-order valence-corrected chi connectivity index (χ0v) is 15.9. The summed E-state index contributed by atoms with van der Waals surface area (Å²) < 4.78 is 0. The summed E-state index contributed by atoms with van der Waals surface area (Å²) in [5.41, 5.74) is 5.07. The highest BCUT2D eigenvalue weighted by Crippen LogP contribution is 2.25. The van der Waals surface area contributed by atoms with Crippen molar-refractivity contribution >= 4 is 14.1 Å². The summed E-state index contributed by atoms with van der Waals surface area (Å²) in [5.74, 6) is 3.92. The third-order valence-electron chi connectivity index (χ3n) is 4.13. The minimum Gasteiger partial charge on any atom is -0.131 e. The molecule has 0 N–H and O–H groups in total. The molecule has 0 aliphatic heterocycles. The normalized spacial score (nSPS) is 12.9. The molecule has 1 heteroatoms. The number of hydrogen-bond acceptors (Lipinski definition) is 0. The third-order valence-corrected chi connectivity index (χ3v) is 9.17. The van der Waals surface area contributed by atoms with E-state index < -0.39 is 8.07 Å². The van der Waals surface area contributed by atoms with Crippen molar-refractivity contribution in [2.45, 2.75) is 65.1 Å². The number of benzene rings is 1. The molecule has 120 valence electrons. The smallest absolute Gasteiger partial charge is 0.131 e. The predicted molar refractivity (Wildman–Crippen MR) is 103 cm³/mol. The molecule has 0 aliphatic rings. The fourth-order valence-corrected chi connectivity index (χ4v) is 7.66. The topological polar surface area (TPSA) is 0 Å². The molecule has 0 aromatic heterocycles. The van der Waals surface area contributed by atoms with Gasteiger partial charge in [0.05, 0.1) is 0 Å². The zero-order valence-electron chi connectivity index (χ0n) is 14.9. The highest BCUT2D eigenvalue weighted by atomic mass is 28.3. The van der Waals surface area contributed by atoms with Gasteiger partial charge in [-0.25, -0.2) is 0 Å². The average molecular weight is 313 g/mol.